The van der Waals surface area contributed by atoms with E-state index in [1.165, 1.54) is 11.1 Å². The summed E-state index contributed by atoms with van der Waals surface area (Å²) in [6.45, 7) is 6.13. The highest BCUT2D eigenvalue weighted by atomic mass is 15.2. The Hall–Kier alpha value is -3.21. The molecule has 0 aliphatic heterocycles. The van der Waals surface area contributed by atoms with Crippen LogP contribution in [0.15, 0.2) is 48.5 Å². The highest BCUT2D eigenvalue weighted by Crippen LogP contribution is 2.30. The van der Waals surface area contributed by atoms with Crippen LogP contribution in [0.1, 0.15) is 16.8 Å². The highest BCUT2D eigenvalue weighted by Gasteiger charge is 2.13. The minimum absolute atomic E-state index is 0.730. The Morgan fingerprint density at radius 2 is 1.64 bits per heavy atom. The van der Waals surface area contributed by atoms with Crippen molar-refractivity contribution in [1.29, 1.82) is 0 Å². The van der Waals surface area contributed by atoms with Crippen molar-refractivity contribution in [2.75, 3.05) is 5.32 Å². The molecule has 0 radical (unpaired) electrons. The van der Waals surface area contributed by atoms with Gasteiger partial charge in [0.25, 0.3) is 0 Å². The van der Waals surface area contributed by atoms with Crippen LogP contribution in [0.3, 0.4) is 0 Å². The van der Waals surface area contributed by atoms with Crippen molar-refractivity contribution in [2.24, 2.45) is 0 Å². The average molecular weight is 329 g/mol. The van der Waals surface area contributed by atoms with Crippen LogP contribution in [0.25, 0.3) is 22.3 Å². The van der Waals surface area contributed by atoms with Gasteiger partial charge in [-0.3, -0.25) is 5.10 Å². The summed E-state index contributed by atoms with van der Waals surface area (Å²) < 4.78 is 0. The van der Waals surface area contributed by atoms with Gasteiger partial charge in [-0.2, -0.15) is 5.10 Å². The van der Waals surface area contributed by atoms with Gasteiger partial charge in [-0.1, -0.05) is 30.3 Å². The quantitative estimate of drug-likeness (QED) is 0.572. The summed E-state index contributed by atoms with van der Waals surface area (Å²) in [5, 5.41) is 11.5. The number of benzene rings is 2. The lowest BCUT2D eigenvalue weighted by molar-refractivity contribution is 1.05. The van der Waals surface area contributed by atoms with E-state index in [2.05, 4.69) is 47.6 Å². The van der Waals surface area contributed by atoms with E-state index < -0.39 is 0 Å². The molecular weight excluding hydrogens is 310 g/mol. The number of hydrogen-bond acceptors (Lipinski definition) is 4. The number of para-hydroxylation sites is 1. The van der Waals surface area contributed by atoms with Crippen LogP contribution in [-0.2, 0) is 0 Å². The first kappa shape index (κ1) is 15.3. The predicted molar refractivity (Wildman–Crippen MR) is 101 cm³/mol. The van der Waals surface area contributed by atoms with E-state index in [1.807, 2.05) is 37.3 Å². The summed E-state index contributed by atoms with van der Waals surface area (Å²) in [7, 11) is 0. The van der Waals surface area contributed by atoms with E-state index in [1.54, 1.807) is 0 Å². The summed E-state index contributed by atoms with van der Waals surface area (Å²) >= 11 is 0. The molecule has 0 aliphatic carbocycles. The normalized spacial score (nSPS) is 11.0. The Labute approximate surface area is 146 Å². The molecule has 0 amide bonds. The van der Waals surface area contributed by atoms with Gasteiger partial charge in [-0.05, 0) is 44.0 Å². The first-order chi connectivity index (χ1) is 12.1. The van der Waals surface area contributed by atoms with Crippen LogP contribution < -0.4 is 5.32 Å². The molecule has 2 N–H and O–H groups in total. The zero-order chi connectivity index (χ0) is 17.4. The minimum atomic E-state index is 0.730. The monoisotopic (exact) mass is 329 g/mol. The maximum Gasteiger partial charge on any atom is 0.162 e. The minimum Gasteiger partial charge on any atom is -0.325 e. The van der Waals surface area contributed by atoms with Crippen LogP contribution in [0.4, 0.5) is 11.6 Å². The number of nitrogens with zero attached hydrogens (tertiary/aromatic N) is 3. The van der Waals surface area contributed by atoms with Gasteiger partial charge in [-0.25, -0.2) is 9.97 Å². The van der Waals surface area contributed by atoms with E-state index >= 15 is 0 Å². The smallest absolute Gasteiger partial charge is 0.162 e. The van der Waals surface area contributed by atoms with Crippen LogP contribution >= 0.6 is 0 Å². The highest BCUT2D eigenvalue weighted by molar-refractivity contribution is 5.92. The van der Waals surface area contributed by atoms with Crippen molar-refractivity contribution < 1.29 is 0 Å². The topological polar surface area (TPSA) is 66.5 Å². The van der Waals surface area contributed by atoms with Crippen LogP contribution in [-0.4, -0.2) is 20.2 Å². The molecule has 25 heavy (non-hydrogen) atoms. The SMILES string of the molecule is Cc1cc(Nc2nc(-c3c(C)cccc3C)nc3ccccc23)[nH]n1. The summed E-state index contributed by atoms with van der Waals surface area (Å²) in [6.07, 6.45) is 0. The second-order valence-electron chi connectivity index (χ2n) is 6.23. The molecule has 0 atom stereocenters. The zero-order valence-corrected chi connectivity index (χ0v) is 14.5. The molecule has 0 fully saturated rings. The van der Waals surface area contributed by atoms with E-state index in [0.717, 1.165) is 39.6 Å². The summed E-state index contributed by atoms with van der Waals surface area (Å²) in [4.78, 5) is 9.63. The number of hydrogen-bond donors (Lipinski definition) is 2. The third kappa shape index (κ3) is 2.85. The fourth-order valence-corrected chi connectivity index (χ4v) is 3.06. The number of anilines is 2. The second kappa shape index (κ2) is 6.02. The molecule has 2 aromatic carbocycles. The van der Waals surface area contributed by atoms with Crippen molar-refractivity contribution in [3.8, 4) is 11.4 Å². The largest absolute Gasteiger partial charge is 0.325 e. The standard InChI is InChI=1S/C20H19N5/c1-12-7-6-8-13(2)18(12)20-21-16-10-5-4-9-15(16)19(23-20)22-17-11-14(3)24-25-17/h4-11H,1-3H3,(H2,21,22,23,24,25). The maximum absolute atomic E-state index is 4.83. The van der Waals surface area contributed by atoms with Crippen molar-refractivity contribution in [2.45, 2.75) is 20.8 Å². The summed E-state index contributed by atoms with van der Waals surface area (Å²) in [5.41, 5.74) is 5.25. The third-order valence-corrected chi connectivity index (χ3v) is 4.27. The van der Waals surface area contributed by atoms with Crippen LogP contribution in [0, 0.1) is 20.8 Å². The number of aryl methyl sites for hydroxylation is 3. The van der Waals surface area contributed by atoms with E-state index in [9.17, 15) is 0 Å². The van der Waals surface area contributed by atoms with Crippen molar-refractivity contribution in [1.82, 2.24) is 20.2 Å². The lowest BCUT2D eigenvalue weighted by Crippen LogP contribution is -2.01. The molecule has 0 bridgehead atoms. The van der Waals surface area contributed by atoms with E-state index in [0.29, 0.717) is 0 Å². The van der Waals surface area contributed by atoms with Crippen LogP contribution in [0.2, 0.25) is 0 Å². The molecule has 0 unspecified atom stereocenters. The van der Waals surface area contributed by atoms with Crippen molar-refractivity contribution in [3.05, 3.63) is 65.4 Å². The molecule has 124 valence electrons. The van der Waals surface area contributed by atoms with Gasteiger partial charge in [0, 0.05) is 17.0 Å². The third-order valence-electron chi connectivity index (χ3n) is 4.27. The van der Waals surface area contributed by atoms with Gasteiger partial charge in [0.15, 0.2) is 5.82 Å². The molecule has 2 heterocycles. The number of H-pyrrole nitrogens is 1. The Morgan fingerprint density at radius 3 is 2.36 bits per heavy atom. The molecule has 4 rings (SSSR count). The first-order valence-corrected chi connectivity index (χ1v) is 8.24. The maximum atomic E-state index is 4.83. The predicted octanol–water partition coefficient (Wildman–Crippen LogP) is 4.69. The number of nitrogens with one attached hydrogen (secondary N) is 2. The Morgan fingerprint density at radius 1 is 0.880 bits per heavy atom. The Bertz CT molecular complexity index is 1040. The lowest BCUT2D eigenvalue weighted by Gasteiger charge is -2.12. The van der Waals surface area contributed by atoms with Gasteiger partial charge in [-0.15, -0.1) is 0 Å². The molecule has 2 aromatic heterocycles. The number of aromatic nitrogens is 4. The molecule has 5 heteroatoms. The first-order valence-electron chi connectivity index (χ1n) is 8.24. The lowest BCUT2D eigenvalue weighted by atomic mass is 10.0. The molecule has 4 aromatic rings. The fourth-order valence-electron chi connectivity index (χ4n) is 3.06. The second-order valence-corrected chi connectivity index (χ2v) is 6.23. The van der Waals surface area contributed by atoms with Crippen molar-refractivity contribution >= 4 is 22.5 Å². The molecule has 0 saturated carbocycles. The number of rotatable bonds is 3. The Balaban J connectivity index is 1.92. The van der Waals surface area contributed by atoms with Gasteiger partial charge in [0.2, 0.25) is 0 Å². The molecule has 0 spiro atoms. The van der Waals surface area contributed by atoms with E-state index in [4.69, 9.17) is 9.97 Å². The van der Waals surface area contributed by atoms with Gasteiger partial charge in [0.05, 0.1) is 11.2 Å². The zero-order valence-electron chi connectivity index (χ0n) is 14.5. The van der Waals surface area contributed by atoms with Crippen molar-refractivity contribution in [3.63, 3.8) is 0 Å². The van der Waals surface area contributed by atoms with Gasteiger partial charge >= 0.3 is 0 Å². The summed E-state index contributed by atoms with van der Waals surface area (Å²) in [5.74, 6) is 2.31. The fraction of sp³-hybridized carbons (Fsp3) is 0.150. The van der Waals surface area contributed by atoms with Gasteiger partial charge < -0.3 is 5.32 Å². The van der Waals surface area contributed by atoms with Gasteiger partial charge in [0.1, 0.15) is 11.6 Å². The Kier molecular flexibility index (Phi) is 3.69. The molecule has 5 nitrogen and oxygen atoms in total. The molecular formula is C20H19N5. The van der Waals surface area contributed by atoms with E-state index in [-0.39, 0.29) is 0 Å². The number of aromatic amines is 1. The summed E-state index contributed by atoms with van der Waals surface area (Å²) in [6, 6.07) is 16.2. The van der Waals surface area contributed by atoms with Crippen LogP contribution in [0.5, 0.6) is 0 Å². The number of fused-ring (bicyclic) bond motifs is 1. The average Bonchev–Trinajstić information content (AvgIpc) is 3.00. The molecule has 0 aliphatic rings. The molecule has 0 saturated heterocycles.